The van der Waals surface area contributed by atoms with E-state index in [1.165, 1.54) is 238 Å². The van der Waals surface area contributed by atoms with Gasteiger partial charge in [-0.15, -0.1) is 0 Å². The predicted molar refractivity (Wildman–Crippen MR) is 321 cm³/mol. The van der Waals surface area contributed by atoms with Crippen LogP contribution >= 0.6 is 0 Å². The Morgan fingerprint density at radius 1 is 0.284 bits per heavy atom. The molecule has 434 valence electrons. The van der Waals surface area contributed by atoms with Gasteiger partial charge in [0.15, 0.2) is 6.10 Å². The maximum atomic E-state index is 12.9. The molecule has 0 radical (unpaired) electrons. The fourth-order valence-corrected chi connectivity index (χ4v) is 9.99. The van der Waals surface area contributed by atoms with Gasteiger partial charge in [-0.1, -0.05) is 327 Å². The second-order valence-electron chi connectivity index (χ2n) is 22.4. The Bertz CT molecular complexity index is 1240. The molecule has 0 saturated carbocycles. The first-order valence-electron chi connectivity index (χ1n) is 33.0. The molecule has 6 nitrogen and oxygen atoms in total. The van der Waals surface area contributed by atoms with Crippen LogP contribution in [0.2, 0.25) is 0 Å². The summed E-state index contributed by atoms with van der Waals surface area (Å²) in [6.45, 7) is 6.59. The van der Waals surface area contributed by atoms with Crippen molar-refractivity contribution in [2.45, 2.75) is 367 Å². The van der Waals surface area contributed by atoms with Gasteiger partial charge in [0.25, 0.3) is 0 Å². The molecular weight excluding hydrogens is 913 g/mol. The first-order chi connectivity index (χ1) is 36.5. The fraction of sp³-hybridized carbons (Fsp3) is 0.868. The van der Waals surface area contributed by atoms with Crippen LogP contribution in [0, 0.1) is 0 Å². The lowest BCUT2D eigenvalue weighted by atomic mass is 10.0. The van der Waals surface area contributed by atoms with Crippen LogP contribution in [0.4, 0.5) is 0 Å². The Kier molecular flexibility index (Phi) is 61.1. The Hall–Kier alpha value is -2.37. The molecule has 0 aromatic carbocycles. The molecule has 0 aliphatic carbocycles. The molecule has 0 aliphatic heterocycles. The Morgan fingerprint density at radius 2 is 0.527 bits per heavy atom. The zero-order valence-electron chi connectivity index (χ0n) is 49.9. The molecule has 0 rings (SSSR count). The Labute approximate surface area is 461 Å². The SMILES string of the molecule is CC/C=C\C/C=C\C/C=C\CCCCCCCCCC(=O)OC(COC(=O)CCCCCCCCCCCCCCCC)COC(=O)CCCCCCCCCCCCCCCCCCCCCCCCCCC. The van der Waals surface area contributed by atoms with Gasteiger partial charge in [0.05, 0.1) is 0 Å². The molecule has 1 atom stereocenters. The fourth-order valence-electron chi connectivity index (χ4n) is 9.99. The van der Waals surface area contributed by atoms with Crippen molar-refractivity contribution < 1.29 is 28.6 Å². The van der Waals surface area contributed by atoms with Crippen molar-refractivity contribution in [3.8, 4) is 0 Å². The summed E-state index contributed by atoms with van der Waals surface area (Å²) in [6, 6.07) is 0. The third-order valence-corrected chi connectivity index (χ3v) is 14.9. The number of hydrogen-bond acceptors (Lipinski definition) is 6. The molecular formula is C68H126O6. The molecule has 0 bridgehead atoms. The summed E-state index contributed by atoms with van der Waals surface area (Å²) in [4.78, 5) is 38.3. The Balaban J connectivity index is 4.24. The molecule has 0 amide bonds. The summed E-state index contributed by atoms with van der Waals surface area (Å²) in [5.41, 5.74) is 0. The molecule has 0 aliphatic rings. The molecule has 0 aromatic heterocycles. The van der Waals surface area contributed by atoms with Crippen molar-refractivity contribution in [1.82, 2.24) is 0 Å². The number of carbonyl (C=O) groups is 3. The number of rotatable bonds is 61. The summed E-state index contributed by atoms with van der Waals surface area (Å²) >= 11 is 0. The van der Waals surface area contributed by atoms with Gasteiger partial charge in [0.1, 0.15) is 13.2 Å². The maximum Gasteiger partial charge on any atom is 0.306 e. The molecule has 0 spiro atoms. The monoisotopic (exact) mass is 1040 g/mol. The molecule has 0 heterocycles. The first kappa shape index (κ1) is 71.6. The first-order valence-corrected chi connectivity index (χ1v) is 33.0. The number of hydrogen-bond donors (Lipinski definition) is 0. The van der Waals surface area contributed by atoms with E-state index in [1.54, 1.807) is 0 Å². The van der Waals surface area contributed by atoms with Crippen molar-refractivity contribution in [3.05, 3.63) is 36.5 Å². The van der Waals surface area contributed by atoms with Crippen LogP contribution in [0.25, 0.3) is 0 Å². The van der Waals surface area contributed by atoms with Crippen LogP contribution in [-0.2, 0) is 28.6 Å². The van der Waals surface area contributed by atoms with Gasteiger partial charge >= 0.3 is 17.9 Å². The van der Waals surface area contributed by atoms with Crippen LogP contribution in [0.1, 0.15) is 361 Å². The van der Waals surface area contributed by atoms with E-state index in [4.69, 9.17) is 14.2 Å². The van der Waals surface area contributed by atoms with Gasteiger partial charge in [-0.25, -0.2) is 0 Å². The smallest absolute Gasteiger partial charge is 0.306 e. The number of carbonyl (C=O) groups excluding carboxylic acids is 3. The van der Waals surface area contributed by atoms with Crippen molar-refractivity contribution in [1.29, 1.82) is 0 Å². The topological polar surface area (TPSA) is 78.9 Å². The molecule has 1 unspecified atom stereocenters. The van der Waals surface area contributed by atoms with Gasteiger partial charge in [-0.3, -0.25) is 14.4 Å². The minimum Gasteiger partial charge on any atom is -0.462 e. The maximum absolute atomic E-state index is 12.9. The summed E-state index contributed by atoms with van der Waals surface area (Å²) in [5.74, 6) is -0.854. The molecule has 0 fully saturated rings. The van der Waals surface area contributed by atoms with Crippen LogP contribution < -0.4 is 0 Å². The van der Waals surface area contributed by atoms with Gasteiger partial charge in [0.2, 0.25) is 0 Å². The van der Waals surface area contributed by atoms with Crippen molar-refractivity contribution in [2.75, 3.05) is 13.2 Å². The number of unbranched alkanes of at least 4 members (excludes halogenated alkanes) is 44. The van der Waals surface area contributed by atoms with E-state index in [0.717, 1.165) is 83.5 Å². The van der Waals surface area contributed by atoms with E-state index in [1.807, 2.05) is 0 Å². The minimum absolute atomic E-state index is 0.0708. The van der Waals surface area contributed by atoms with E-state index < -0.39 is 6.10 Å². The quantitative estimate of drug-likeness (QED) is 0.0261. The summed E-state index contributed by atoms with van der Waals surface area (Å²) in [7, 11) is 0. The van der Waals surface area contributed by atoms with Crippen LogP contribution in [0.15, 0.2) is 36.5 Å². The third-order valence-electron chi connectivity index (χ3n) is 14.9. The second-order valence-corrected chi connectivity index (χ2v) is 22.4. The minimum atomic E-state index is -0.774. The van der Waals surface area contributed by atoms with Crippen molar-refractivity contribution in [2.24, 2.45) is 0 Å². The predicted octanol–water partition coefficient (Wildman–Crippen LogP) is 22.4. The van der Waals surface area contributed by atoms with E-state index >= 15 is 0 Å². The largest absolute Gasteiger partial charge is 0.462 e. The number of esters is 3. The highest BCUT2D eigenvalue weighted by Gasteiger charge is 2.19. The third kappa shape index (κ3) is 60.5. The molecule has 0 aromatic rings. The second kappa shape index (κ2) is 63.2. The highest BCUT2D eigenvalue weighted by Crippen LogP contribution is 2.18. The highest BCUT2D eigenvalue weighted by atomic mass is 16.6. The van der Waals surface area contributed by atoms with Gasteiger partial charge < -0.3 is 14.2 Å². The average molecular weight is 1040 g/mol. The number of allylic oxidation sites excluding steroid dienone is 6. The highest BCUT2D eigenvalue weighted by molar-refractivity contribution is 5.71. The summed E-state index contributed by atoms with van der Waals surface area (Å²) < 4.78 is 16.9. The summed E-state index contributed by atoms with van der Waals surface area (Å²) in [5, 5.41) is 0. The van der Waals surface area contributed by atoms with E-state index in [9.17, 15) is 14.4 Å². The van der Waals surface area contributed by atoms with Gasteiger partial charge in [-0.2, -0.15) is 0 Å². The van der Waals surface area contributed by atoms with Crippen molar-refractivity contribution in [3.63, 3.8) is 0 Å². The van der Waals surface area contributed by atoms with Crippen LogP contribution in [0.5, 0.6) is 0 Å². The molecule has 0 saturated heterocycles. The molecule has 0 N–H and O–H groups in total. The lowest BCUT2D eigenvalue weighted by molar-refractivity contribution is -0.167. The van der Waals surface area contributed by atoms with Crippen LogP contribution in [-0.4, -0.2) is 37.2 Å². The Morgan fingerprint density at radius 3 is 0.824 bits per heavy atom. The van der Waals surface area contributed by atoms with Crippen molar-refractivity contribution >= 4 is 17.9 Å². The molecule has 6 heteroatoms. The van der Waals surface area contributed by atoms with E-state index in [2.05, 4.69) is 57.2 Å². The average Bonchev–Trinajstić information content (AvgIpc) is 3.40. The van der Waals surface area contributed by atoms with E-state index in [-0.39, 0.29) is 31.1 Å². The zero-order chi connectivity index (χ0) is 53.6. The summed E-state index contributed by atoms with van der Waals surface area (Å²) in [6.07, 6.45) is 77.3. The normalized spacial score (nSPS) is 12.2. The van der Waals surface area contributed by atoms with Crippen LogP contribution in [0.3, 0.4) is 0 Å². The molecule has 74 heavy (non-hydrogen) atoms. The van der Waals surface area contributed by atoms with Gasteiger partial charge in [0, 0.05) is 19.3 Å². The van der Waals surface area contributed by atoms with E-state index in [0.29, 0.717) is 19.3 Å². The standard InChI is InChI=1S/C68H126O6/c1-4-7-10-13-16-19-22-25-28-30-31-32-33-34-35-36-37-39-40-43-46-49-52-55-58-61-67(70)73-64-65(63-72-66(69)60-57-54-51-48-45-42-27-24-21-18-15-12-9-6-3)74-68(71)62-59-56-53-50-47-44-41-38-29-26-23-20-17-14-11-8-5-2/h8,11,17,20,26,29,65H,4-7,9-10,12-16,18-19,21-25,27-28,30-64H2,1-3H3/b11-8-,20-17-,29-26-. The zero-order valence-corrected chi connectivity index (χ0v) is 49.9. The number of ether oxygens (including phenoxy) is 3. The van der Waals surface area contributed by atoms with Gasteiger partial charge in [-0.05, 0) is 51.4 Å². The lowest BCUT2D eigenvalue weighted by Gasteiger charge is -2.18. The lowest BCUT2D eigenvalue weighted by Crippen LogP contribution is -2.30.